The second-order valence-electron chi connectivity index (χ2n) is 6.14. The highest BCUT2D eigenvalue weighted by Gasteiger charge is 2.38. The average molecular weight is 312 g/mol. The van der Waals surface area contributed by atoms with Crippen molar-refractivity contribution in [1.82, 2.24) is 19.5 Å². The van der Waals surface area contributed by atoms with Gasteiger partial charge < -0.3 is 10.2 Å². The molecule has 4 rings (SSSR count). The molecule has 7 nitrogen and oxygen atoms in total. The Morgan fingerprint density at radius 3 is 2.87 bits per heavy atom. The number of carbonyl (C=O) groups is 1. The third kappa shape index (κ3) is 2.36. The monoisotopic (exact) mass is 312 g/mol. The lowest BCUT2D eigenvalue weighted by Gasteiger charge is -2.40. The summed E-state index contributed by atoms with van der Waals surface area (Å²) in [4.78, 5) is 27.8. The molecule has 0 spiro atoms. The van der Waals surface area contributed by atoms with Crippen LogP contribution in [0.4, 0.5) is 11.5 Å². The van der Waals surface area contributed by atoms with Gasteiger partial charge in [0.2, 0.25) is 11.9 Å². The van der Waals surface area contributed by atoms with Crippen LogP contribution >= 0.6 is 0 Å². The number of amides is 1. The Balaban J connectivity index is 1.80. The van der Waals surface area contributed by atoms with Crippen LogP contribution in [0.5, 0.6) is 0 Å². The third-order valence-corrected chi connectivity index (χ3v) is 4.74. The molecule has 2 aromatic rings. The Labute approximate surface area is 134 Å². The van der Waals surface area contributed by atoms with E-state index in [0.29, 0.717) is 17.7 Å². The molecule has 23 heavy (non-hydrogen) atoms. The van der Waals surface area contributed by atoms with Crippen molar-refractivity contribution in [2.24, 2.45) is 0 Å². The Bertz CT molecular complexity index is 707. The molecule has 0 bridgehead atoms. The minimum atomic E-state index is -0.156. The first-order valence-electron chi connectivity index (χ1n) is 8.22. The number of fused-ring (bicyclic) bond motifs is 1. The van der Waals surface area contributed by atoms with Gasteiger partial charge in [0.15, 0.2) is 5.82 Å². The van der Waals surface area contributed by atoms with Crippen LogP contribution in [-0.2, 0) is 4.79 Å². The predicted molar refractivity (Wildman–Crippen MR) is 86.6 cm³/mol. The van der Waals surface area contributed by atoms with Crippen molar-refractivity contribution in [3.05, 3.63) is 24.9 Å². The molecule has 2 aromatic heterocycles. The fourth-order valence-electron chi connectivity index (χ4n) is 3.63. The molecular weight excluding hydrogens is 292 g/mol. The normalized spacial score (nSPS) is 21.3. The molecule has 7 heteroatoms. The highest BCUT2D eigenvalue weighted by atomic mass is 16.2. The summed E-state index contributed by atoms with van der Waals surface area (Å²) in [6.45, 7) is 2.05. The van der Waals surface area contributed by atoms with Gasteiger partial charge in [0.25, 0.3) is 0 Å². The number of hydrogen-bond acceptors (Lipinski definition) is 5. The number of anilines is 2. The van der Waals surface area contributed by atoms with Gasteiger partial charge in [-0.1, -0.05) is 19.8 Å². The number of rotatable bonds is 3. The van der Waals surface area contributed by atoms with Gasteiger partial charge in [-0.05, 0) is 19.3 Å². The Hall–Kier alpha value is -2.44. The van der Waals surface area contributed by atoms with Crippen molar-refractivity contribution in [2.75, 3.05) is 10.2 Å². The first-order chi connectivity index (χ1) is 11.3. The van der Waals surface area contributed by atoms with Crippen LogP contribution in [-0.4, -0.2) is 37.5 Å². The van der Waals surface area contributed by atoms with Crippen molar-refractivity contribution in [2.45, 2.75) is 51.1 Å². The topological polar surface area (TPSA) is 75.9 Å². The van der Waals surface area contributed by atoms with Crippen LogP contribution in [0.25, 0.3) is 5.95 Å². The minimum absolute atomic E-state index is 0.0471. The smallest absolute Gasteiger partial charge is 0.247 e. The maximum Gasteiger partial charge on any atom is 0.247 e. The Morgan fingerprint density at radius 2 is 2.17 bits per heavy atom. The average Bonchev–Trinajstić information content (AvgIpc) is 3.26. The molecule has 1 saturated carbocycles. The molecule has 1 aliphatic carbocycles. The lowest BCUT2D eigenvalue weighted by Crippen LogP contribution is -2.52. The molecule has 0 unspecified atom stereocenters. The zero-order chi connectivity index (χ0) is 15.8. The minimum Gasteiger partial charge on any atom is -0.340 e. The van der Waals surface area contributed by atoms with E-state index in [1.165, 1.54) is 12.8 Å². The van der Waals surface area contributed by atoms with Crippen molar-refractivity contribution in [3.8, 4) is 5.95 Å². The first kappa shape index (κ1) is 14.2. The fraction of sp³-hybridized carbons (Fsp3) is 0.500. The van der Waals surface area contributed by atoms with Crippen LogP contribution in [0.2, 0.25) is 0 Å². The van der Waals surface area contributed by atoms with E-state index >= 15 is 0 Å². The number of nitrogens with zero attached hydrogens (tertiary/aromatic N) is 5. The highest BCUT2D eigenvalue weighted by molar-refractivity contribution is 6.02. The van der Waals surface area contributed by atoms with Crippen LogP contribution in [0, 0.1) is 0 Å². The molecule has 0 saturated heterocycles. The van der Waals surface area contributed by atoms with Gasteiger partial charge in [-0.25, -0.2) is 9.97 Å². The van der Waals surface area contributed by atoms with Crippen LogP contribution in [0.15, 0.2) is 24.9 Å². The maximum atomic E-state index is 12.4. The SMILES string of the molecule is CC[C@@H]1C(=O)Nc2cnc(-n3ccnc3)nc2N1C1CCCC1. The third-order valence-electron chi connectivity index (χ3n) is 4.74. The zero-order valence-corrected chi connectivity index (χ0v) is 13.1. The molecule has 1 amide bonds. The maximum absolute atomic E-state index is 12.4. The summed E-state index contributed by atoms with van der Waals surface area (Å²) < 4.78 is 1.78. The predicted octanol–water partition coefficient (Wildman–Crippen LogP) is 2.14. The molecule has 0 radical (unpaired) electrons. The van der Waals surface area contributed by atoms with Crippen LogP contribution in [0.1, 0.15) is 39.0 Å². The molecule has 1 N–H and O–H groups in total. The molecule has 120 valence electrons. The van der Waals surface area contributed by atoms with Gasteiger partial charge in [0.05, 0.1) is 6.20 Å². The van der Waals surface area contributed by atoms with Gasteiger partial charge >= 0.3 is 0 Å². The van der Waals surface area contributed by atoms with E-state index in [0.717, 1.165) is 25.1 Å². The van der Waals surface area contributed by atoms with Crippen molar-refractivity contribution >= 4 is 17.4 Å². The van der Waals surface area contributed by atoms with E-state index < -0.39 is 0 Å². The highest BCUT2D eigenvalue weighted by Crippen LogP contribution is 2.37. The van der Waals surface area contributed by atoms with Gasteiger partial charge in [-0.3, -0.25) is 9.36 Å². The number of aromatic nitrogens is 4. The number of nitrogens with one attached hydrogen (secondary N) is 1. The summed E-state index contributed by atoms with van der Waals surface area (Å²) in [6, 6.07) is 0.228. The van der Waals surface area contributed by atoms with Crippen molar-refractivity contribution < 1.29 is 4.79 Å². The van der Waals surface area contributed by atoms with Gasteiger partial charge in [0.1, 0.15) is 18.1 Å². The summed E-state index contributed by atoms with van der Waals surface area (Å²) in [5.41, 5.74) is 0.704. The van der Waals surface area contributed by atoms with E-state index in [2.05, 4.69) is 27.1 Å². The summed E-state index contributed by atoms with van der Waals surface area (Å²) in [5, 5.41) is 2.96. The number of hydrogen-bond donors (Lipinski definition) is 1. The summed E-state index contributed by atoms with van der Waals surface area (Å²) in [7, 11) is 0. The molecular formula is C16H20N6O. The summed E-state index contributed by atoms with van der Waals surface area (Å²) in [5.74, 6) is 1.46. The van der Waals surface area contributed by atoms with Gasteiger partial charge in [-0.2, -0.15) is 4.98 Å². The standard InChI is InChI=1S/C16H20N6O/c1-2-13-15(23)19-12-9-18-16(21-8-7-17-10-21)20-14(12)22(13)11-5-3-4-6-11/h7-11,13H,2-6H2,1H3,(H,19,23)/t13-/m1/s1. The van der Waals surface area contributed by atoms with E-state index in [9.17, 15) is 4.79 Å². The summed E-state index contributed by atoms with van der Waals surface area (Å²) >= 11 is 0. The van der Waals surface area contributed by atoms with Crippen molar-refractivity contribution in [3.63, 3.8) is 0 Å². The van der Waals surface area contributed by atoms with Crippen LogP contribution in [0.3, 0.4) is 0 Å². The zero-order valence-electron chi connectivity index (χ0n) is 13.1. The quantitative estimate of drug-likeness (QED) is 0.939. The second-order valence-corrected chi connectivity index (χ2v) is 6.14. The van der Waals surface area contributed by atoms with E-state index in [1.807, 2.05) is 6.20 Å². The number of carbonyl (C=O) groups excluding carboxylic acids is 1. The lowest BCUT2D eigenvalue weighted by atomic mass is 10.0. The first-order valence-corrected chi connectivity index (χ1v) is 8.22. The second kappa shape index (κ2) is 5.64. The van der Waals surface area contributed by atoms with E-state index in [1.54, 1.807) is 23.3 Å². The largest absolute Gasteiger partial charge is 0.340 e. The molecule has 1 aliphatic heterocycles. The van der Waals surface area contributed by atoms with Crippen LogP contribution < -0.4 is 10.2 Å². The van der Waals surface area contributed by atoms with Gasteiger partial charge in [-0.15, -0.1) is 0 Å². The Morgan fingerprint density at radius 1 is 1.35 bits per heavy atom. The van der Waals surface area contributed by atoms with Gasteiger partial charge in [0, 0.05) is 18.4 Å². The molecule has 2 aliphatic rings. The molecule has 3 heterocycles. The number of imidazole rings is 1. The molecule has 1 atom stereocenters. The molecule has 0 aromatic carbocycles. The summed E-state index contributed by atoms with van der Waals surface area (Å²) in [6.07, 6.45) is 12.3. The lowest BCUT2D eigenvalue weighted by molar-refractivity contribution is -0.117. The van der Waals surface area contributed by atoms with E-state index in [-0.39, 0.29) is 11.9 Å². The molecule has 1 fully saturated rings. The fourth-order valence-corrected chi connectivity index (χ4v) is 3.63. The Kier molecular flexibility index (Phi) is 3.48. The van der Waals surface area contributed by atoms with Crippen molar-refractivity contribution in [1.29, 1.82) is 0 Å². The van der Waals surface area contributed by atoms with E-state index in [4.69, 9.17) is 4.98 Å².